The number of pyridine rings is 1. The van der Waals surface area contributed by atoms with Crippen LogP contribution < -0.4 is 5.32 Å². The maximum absolute atomic E-state index is 13.1. The first-order valence-corrected chi connectivity index (χ1v) is 6.76. The van der Waals surface area contributed by atoms with Crippen LogP contribution in [0, 0.1) is 0 Å². The van der Waals surface area contributed by atoms with Crippen molar-refractivity contribution < 1.29 is 22.4 Å². The van der Waals surface area contributed by atoms with Crippen molar-refractivity contribution in [3.05, 3.63) is 66.4 Å². The summed E-state index contributed by atoms with van der Waals surface area (Å²) in [6.45, 7) is 0. The second-order valence-electron chi connectivity index (χ2n) is 4.86. The number of rotatable bonds is 3. The monoisotopic (exact) mass is 333 g/mol. The van der Waals surface area contributed by atoms with Gasteiger partial charge in [-0.25, -0.2) is 4.98 Å². The van der Waals surface area contributed by atoms with E-state index in [1.165, 1.54) is 30.7 Å². The van der Waals surface area contributed by atoms with Crippen LogP contribution in [0.5, 0.6) is 0 Å². The van der Waals surface area contributed by atoms with Gasteiger partial charge in [-0.1, -0.05) is 0 Å². The molecule has 2 aromatic heterocycles. The normalized spacial score (nSPS) is 11.3. The van der Waals surface area contributed by atoms with Crippen LogP contribution in [-0.4, -0.2) is 15.9 Å². The highest BCUT2D eigenvalue weighted by molar-refractivity contribution is 6.04. The van der Waals surface area contributed by atoms with Gasteiger partial charge in [0.1, 0.15) is 0 Å². The van der Waals surface area contributed by atoms with Crippen LogP contribution in [0.4, 0.5) is 18.9 Å². The van der Waals surface area contributed by atoms with Crippen LogP contribution >= 0.6 is 0 Å². The molecule has 0 unspecified atom stereocenters. The van der Waals surface area contributed by atoms with Crippen molar-refractivity contribution in [3.8, 4) is 11.3 Å². The fourth-order valence-electron chi connectivity index (χ4n) is 2.06. The molecule has 0 atom stereocenters. The number of hydrogen-bond donors (Lipinski definition) is 1. The summed E-state index contributed by atoms with van der Waals surface area (Å²) in [6.07, 6.45) is 0.652. The number of hydrogen-bond acceptors (Lipinski definition) is 4. The molecule has 3 rings (SSSR count). The van der Waals surface area contributed by atoms with E-state index in [9.17, 15) is 18.0 Å². The quantitative estimate of drug-likeness (QED) is 0.786. The van der Waals surface area contributed by atoms with Crippen molar-refractivity contribution >= 4 is 11.6 Å². The lowest BCUT2D eigenvalue weighted by molar-refractivity contribution is -0.137. The molecular formula is C16H10F3N3O2. The minimum atomic E-state index is -4.57. The van der Waals surface area contributed by atoms with Gasteiger partial charge in [0, 0.05) is 23.6 Å². The van der Waals surface area contributed by atoms with E-state index in [1.807, 2.05) is 0 Å². The van der Waals surface area contributed by atoms with Gasteiger partial charge in [0.05, 0.1) is 17.3 Å². The van der Waals surface area contributed by atoms with E-state index in [0.717, 1.165) is 18.5 Å². The molecule has 122 valence electrons. The Kier molecular flexibility index (Phi) is 4.03. The Hall–Kier alpha value is -3.16. The van der Waals surface area contributed by atoms with Crippen molar-refractivity contribution in [3.63, 3.8) is 0 Å². The number of oxazole rings is 1. The van der Waals surface area contributed by atoms with Crippen LogP contribution in [0.1, 0.15) is 15.9 Å². The summed E-state index contributed by atoms with van der Waals surface area (Å²) in [5, 5.41) is 2.43. The van der Waals surface area contributed by atoms with E-state index in [4.69, 9.17) is 4.42 Å². The van der Waals surface area contributed by atoms with Gasteiger partial charge in [0.25, 0.3) is 5.91 Å². The summed E-state index contributed by atoms with van der Waals surface area (Å²) < 4.78 is 44.3. The molecule has 3 aromatic rings. The molecule has 0 saturated carbocycles. The van der Waals surface area contributed by atoms with Gasteiger partial charge >= 0.3 is 6.18 Å². The molecule has 1 N–H and O–H groups in total. The third kappa shape index (κ3) is 3.43. The molecule has 0 bridgehead atoms. The maximum atomic E-state index is 13.1. The second kappa shape index (κ2) is 6.15. The Morgan fingerprint density at radius 1 is 1.12 bits per heavy atom. The van der Waals surface area contributed by atoms with Crippen LogP contribution in [0.25, 0.3) is 11.3 Å². The molecule has 0 fully saturated rings. The maximum Gasteiger partial charge on any atom is 0.416 e. The van der Waals surface area contributed by atoms with E-state index in [-0.39, 0.29) is 22.6 Å². The number of amides is 1. The Morgan fingerprint density at radius 3 is 2.58 bits per heavy atom. The molecule has 0 aliphatic carbocycles. The van der Waals surface area contributed by atoms with Crippen molar-refractivity contribution in [2.24, 2.45) is 0 Å². The molecule has 24 heavy (non-hydrogen) atoms. The Morgan fingerprint density at radius 2 is 1.96 bits per heavy atom. The molecule has 0 aliphatic rings. The van der Waals surface area contributed by atoms with Crippen LogP contribution in [0.15, 0.2) is 59.7 Å². The molecule has 0 saturated heterocycles. The van der Waals surface area contributed by atoms with Crippen LogP contribution in [0.3, 0.4) is 0 Å². The average molecular weight is 333 g/mol. The highest BCUT2D eigenvalue weighted by Crippen LogP contribution is 2.35. The zero-order valence-corrected chi connectivity index (χ0v) is 12.0. The predicted octanol–water partition coefficient (Wildman–Crippen LogP) is 4.01. The van der Waals surface area contributed by atoms with Gasteiger partial charge in [-0.05, 0) is 30.3 Å². The van der Waals surface area contributed by atoms with E-state index >= 15 is 0 Å². The first kappa shape index (κ1) is 15.7. The van der Waals surface area contributed by atoms with Crippen molar-refractivity contribution in [2.45, 2.75) is 6.18 Å². The molecule has 0 aliphatic heterocycles. The highest BCUT2D eigenvalue weighted by atomic mass is 19.4. The molecule has 0 spiro atoms. The molecule has 8 heteroatoms. The molecule has 0 radical (unpaired) electrons. The average Bonchev–Trinajstić information content (AvgIpc) is 3.09. The largest absolute Gasteiger partial charge is 0.444 e. The van der Waals surface area contributed by atoms with Crippen LogP contribution in [-0.2, 0) is 6.18 Å². The minimum absolute atomic E-state index is 0.00919. The highest BCUT2D eigenvalue weighted by Gasteiger charge is 2.31. The number of anilines is 1. The number of carbonyl (C=O) groups excluding carboxylic acids is 1. The Bertz CT molecular complexity index is 847. The van der Waals surface area contributed by atoms with Gasteiger partial charge in [-0.3, -0.25) is 9.78 Å². The summed E-state index contributed by atoms with van der Waals surface area (Å²) in [5.74, 6) is -0.399. The second-order valence-corrected chi connectivity index (χ2v) is 4.86. The third-order valence-electron chi connectivity index (χ3n) is 3.16. The molecule has 1 amide bonds. The van der Waals surface area contributed by atoms with Crippen molar-refractivity contribution in [2.75, 3.05) is 5.32 Å². The molecule has 2 heterocycles. The lowest BCUT2D eigenvalue weighted by atomic mass is 10.1. The van der Waals surface area contributed by atoms with Gasteiger partial charge in [0.15, 0.2) is 12.2 Å². The zero-order valence-electron chi connectivity index (χ0n) is 12.0. The van der Waals surface area contributed by atoms with E-state index in [0.29, 0.717) is 0 Å². The summed E-state index contributed by atoms with van der Waals surface area (Å²) in [4.78, 5) is 19.6. The first-order valence-electron chi connectivity index (χ1n) is 6.76. The molecule has 1 aromatic carbocycles. The topological polar surface area (TPSA) is 68.0 Å². The van der Waals surface area contributed by atoms with E-state index in [1.54, 1.807) is 6.07 Å². The third-order valence-corrected chi connectivity index (χ3v) is 3.16. The number of halogens is 3. The van der Waals surface area contributed by atoms with E-state index < -0.39 is 17.6 Å². The van der Waals surface area contributed by atoms with Gasteiger partial charge in [-0.15, -0.1) is 0 Å². The van der Waals surface area contributed by atoms with Crippen LogP contribution in [0.2, 0.25) is 0 Å². The molecule has 5 nitrogen and oxygen atoms in total. The Labute approximate surface area is 134 Å². The predicted molar refractivity (Wildman–Crippen MR) is 79.1 cm³/mol. The SMILES string of the molecule is O=C(Nc1cc(-c2cnco2)cc(C(F)(F)F)c1)c1cccnc1. The fraction of sp³-hybridized carbons (Fsp3) is 0.0625. The number of nitrogens with zero attached hydrogens (tertiary/aromatic N) is 2. The number of carbonyl (C=O) groups is 1. The van der Waals surface area contributed by atoms with Crippen molar-refractivity contribution in [1.29, 1.82) is 0 Å². The van der Waals surface area contributed by atoms with Gasteiger partial charge in [-0.2, -0.15) is 13.2 Å². The van der Waals surface area contributed by atoms with Crippen molar-refractivity contribution in [1.82, 2.24) is 9.97 Å². The lowest BCUT2D eigenvalue weighted by Crippen LogP contribution is -2.13. The number of nitrogens with one attached hydrogen (secondary N) is 1. The number of benzene rings is 1. The Balaban J connectivity index is 1.98. The fourth-order valence-corrected chi connectivity index (χ4v) is 2.06. The lowest BCUT2D eigenvalue weighted by Gasteiger charge is -2.12. The first-order chi connectivity index (χ1) is 11.4. The summed E-state index contributed by atoms with van der Waals surface area (Å²) in [5.41, 5.74) is -0.525. The smallest absolute Gasteiger partial charge is 0.416 e. The number of alkyl halides is 3. The standard InChI is InChI=1S/C16H10F3N3O2/c17-16(18,19)12-4-11(14-8-21-9-24-14)5-13(6-12)22-15(23)10-2-1-3-20-7-10/h1-9H,(H,22,23). The molecular weight excluding hydrogens is 323 g/mol. The summed E-state index contributed by atoms with van der Waals surface area (Å²) in [6, 6.07) is 6.23. The minimum Gasteiger partial charge on any atom is -0.444 e. The van der Waals surface area contributed by atoms with Gasteiger partial charge in [0.2, 0.25) is 0 Å². The summed E-state index contributed by atoms with van der Waals surface area (Å²) in [7, 11) is 0. The number of aromatic nitrogens is 2. The van der Waals surface area contributed by atoms with Gasteiger partial charge < -0.3 is 9.73 Å². The zero-order chi connectivity index (χ0) is 17.2. The summed E-state index contributed by atoms with van der Waals surface area (Å²) >= 11 is 0. The van der Waals surface area contributed by atoms with E-state index in [2.05, 4.69) is 15.3 Å².